The molecule has 4 aliphatic rings. The predicted octanol–water partition coefficient (Wildman–Crippen LogP) is 7.74. The summed E-state index contributed by atoms with van der Waals surface area (Å²) < 4.78 is 10.6. The Kier molecular flexibility index (Phi) is 9.26. The lowest BCUT2D eigenvalue weighted by molar-refractivity contribution is -0.135. The normalized spacial score (nSPS) is 22.3. The first-order chi connectivity index (χ1) is 25.9. The molecule has 54 heavy (non-hydrogen) atoms. The van der Waals surface area contributed by atoms with E-state index in [9.17, 15) is 14.4 Å². The third-order valence-electron chi connectivity index (χ3n) is 11.7. The first kappa shape index (κ1) is 35.9. The number of nitrogens with one attached hydrogen (secondary N) is 3. The average Bonchev–Trinajstić information content (AvgIpc) is 4.00. The van der Waals surface area contributed by atoms with Gasteiger partial charge >= 0.3 is 12.2 Å². The Morgan fingerprint density at radius 3 is 2.13 bits per heavy atom. The van der Waals surface area contributed by atoms with Crippen LogP contribution in [0.3, 0.4) is 0 Å². The molecule has 284 valence electrons. The molecule has 2 aromatic heterocycles. The molecule has 12 nitrogen and oxygen atoms in total. The first-order valence-electron chi connectivity index (χ1n) is 19.4. The van der Waals surface area contributed by atoms with Crippen LogP contribution >= 0.6 is 0 Å². The Morgan fingerprint density at radius 2 is 1.52 bits per heavy atom. The Bertz CT molecular complexity index is 2080. The molecule has 8 rings (SSSR count). The Labute approximate surface area is 316 Å². The second-order valence-electron chi connectivity index (χ2n) is 16.7. The summed E-state index contributed by atoms with van der Waals surface area (Å²) in [5.74, 6) is 1.77. The van der Waals surface area contributed by atoms with Gasteiger partial charge in [0, 0.05) is 12.6 Å². The van der Waals surface area contributed by atoms with Crippen molar-refractivity contribution in [2.75, 3.05) is 13.7 Å². The van der Waals surface area contributed by atoms with Crippen molar-refractivity contribution in [2.45, 2.75) is 109 Å². The molecule has 1 unspecified atom stereocenters. The molecule has 2 saturated heterocycles. The maximum Gasteiger partial charge on any atom is 0.411 e. The number of H-pyrrole nitrogens is 2. The molecule has 12 heteroatoms. The monoisotopic (exact) mass is 733 g/mol. The molecule has 3 N–H and O–H groups in total. The third-order valence-corrected chi connectivity index (χ3v) is 11.7. The quantitative estimate of drug-likeness (QED) is 0.176. The minimum atomic E-state index is -0.673. The molecule has 3 amide bonds. The lowest BCUT2D eigenvalue weighted by Crippen LogP contribution is -2.51. The van der Waals surface area contributed by atoms with Crippen molar-refractivity contribution >= 4 is 18.1 Å². The standard InChI is InChI=1S/C42H51N7O5/c1-23(2)35(47-40(51)53-6)39(50)48-17-7-8-34(48)37-43-21-32(45-37)26-12-15-30-24(18-26)9-10-25-19-27(13-16-31(25)30)33-22-44-38(46-33)36-28-11-14-29(20-28)49(36)41(52)54-42(3,4)5/h12-13,15-16,18-19,21-23,28-29,34-36H,7-11,14,17,20H2,1-6H3,(H,43,45)(H,44,46)(H,47,51)/t28-,29+,34-,35-,36?/m0/s1. The fraction of sp³-hybridized carbons (Fsp3) is 0.500. The maximum atomic E-state index is 13.6. The molecule has 4 aromatic rings. The van der Waals surface area contributed by atoms with E-state index in [0.29, 0.717) is 12.5 Å². The number of ether oxygens (including phenoxy) is 2. The Balaban J connectivity index is 0.984. The van der Waals surface area contributed by atoms with Crippen LogP contribution in [0.2, 0.25) is 0 Å². The van der Waals surface area contributed by atoms with E-state index in [4.69, 9.17) is 19.4 Å². The summed E-state index contributed by atoms with van der Waals surface area (Å²) in [6, 6.07) is 12.5. The number of likely N-dealkylation sites (tertiary alicyclic amines) is 2. The van der Waals surface area contributed by atoms with E-state index < -0.39 is 17.7 Å². The number of aromatic nitrogens is 4. The molecule has 4 heterocycles. The van der Waals surface area contributed by atoms with Gasteiger partial charge in [-0.1, -0.05) is 38.1 Å². The van der Waals surface area contributed by atoms with Crippen molar-refractivity contribution in [3.05, 3.63) is 71.6 Å². The molecular formula is C42H51N7O5. The predicted molar refractivity (Wildman–Crippen MR) is 204 cm³/mol. The summed E-state index contributed by atoms with van der Waals surface area (Å²) in [6.45, 7) is 10.2. The van der Waals surface area contributed by atoms with Crippen LogP contribution in [0.4, 0.5) is 9.59 Å². The number of alkyl carbamates (subject to hydrolysis) is 1. The number of rotatable bonds is 7. The zero-order chi connectivity index (χ0) is 37.9. The van der Waals surface area contributed by atoms with Crippen molar-refractivity contribution in [3.63, 3.8) is 0 Å². The smallest absolute Gasteiger partial charge is 0.411 e. The molecule has 0 spiro atoms. The number of nitrogens with zero attached hydrogens (tertiary/aromatic N) is 4. The zero-order valence-electron chi connectivity index (χ0n) is 32.1. The van der Waals surface area contributed by atoms with Crippen molar-refractivity contribution in [1.29, 1.82) is 0 Å². The minimum absolute atomic E-state index is 0.0917. The van der Waals surface area contributed by atoms with Gasteiger partial charge in [-0.05, 0) is 123 Å². The van der Waals surface area contributed by atoms with E-state index in [0.717, 1.165) is 79.1 Å². The fourth-order valence-electron chi connectivity index (χ4n) is 9.13. The number of hydrogen-bond donors (Lipinski definition) is 3. The Morgan fingerprint density at radius 1 is 0.889 bits per heavy atom. The summed E-state index contributed by atoms with van der Waals surface area (Å²) in [6.07, 6.45) is 9.52. The van der Waals surface area contributed by atoms with Crippen LogP contribution in [0, 0.1) is 11.8 Å². The van der Waals surface area contributed by atoms with E-state index in [1.54, 1.807) is 0 Å². The van der Waals surface area contributed by atoms with E-state index in [1.165, 1.54) is 29.4 Å². The first-order valence-corrected chi connectivity index (χ1v) is 19.4. The number of imidazole rings is 2. The molecular weight excluding hydrogens is 683 g/mol. The summed E-state index contributed by atoms with van der Waals surface area (Å²) in [5, 5.41) is 2.72. The second-order valence-corrected chi connectivity index (χ2v) is 16.7. The van der Waals surface area contributed by atoms with Gasteiger partial charge in [0.25, 0.3) is 0 Å². The van der Waals surface area contributed by atoms with Gasteiger partial charge in [0.05, 0.1) is 43.0 Å². The third kappa shape index (κ3) is 6.64. The van der Waals surface area contributed by atoms with Crippen LogP contribution in [-0.4, -0.2) is 79.2 Å². The van der Waals surface area contributed by atoms with Gasteiger partial charge in [-0.15, -0.1) is 0 Å². The largest absolute Gasteiger partial charge is 0.453 e. The van der Waals surface area contributed by atoms with Crippen LogP contribution < -0.4 is 5.32 Å². The van der Waals surface area contributed by atoms with Crippen molar-refractivity contribution in [2.24, 2.45) is 11.8 Å². The molecule has 0 radical (unpaired) electrons. The highest BCUT2D eigenvalue weighted by atomic mass is 16.6. The SMILES string of the molecule is COC(=O)N[C@H](C(=O)N1CCC[C@H]1c1ncc(-c2ccc3c(c2)CCc2cc(-c4cnc(C5[C@H]6CC[C@H](C6)N5C(=O)OC(C)(C)C)[nH]4)ccc2-3)[nH]1)C(C)C. The second kappa shape index (κ2) is 13.9. The molecule has 2 aromatic carbocycles. The summed E-state index contributed by atoms with van der Waals surface area (Å²) in [5.41, 5.74) is 8.53. The number of benzene rings is 2. The lowest BCUT2D eigenvalue weighted by atomic mass is 9.83. The van der Waals surface area contributed by atoms with Crippen LogP contribution in [0.25, 0.3) is 33.6 Å². The van der Waals surface area contributed by atoms with Gasteiger partial charge in [-0.25, -0.2) is 19.6 Å². The number of amides is 3. The molecule has 2 bridgehead atoms. The minimum Gasteiger partial charge on any atom is -0.453 e. The highest BCUT2D eigenvalue weighted by Crippen LogP contribution is 2.50. The van der Waals surface area contributed by atoms with Crippen LogP contribution in [0.5, 0.6) is 0 Å². The van der Waals surface area contributed by atoms with Crippen molar-refractivity contribution < 1.29 is 23.9 Å². The van der Waals surface area contributed by atoms with E-state index in [1.807, 2.05) is 56.8 Å². The van der Waals surface area contributed by atoms with Gasteiger partial charge in [-0.2, -0.15) is 0 Å². The van der Waals surface area contributed by atoms with Gasteiger partial charge in [0.15, 0.2) is 0 Å². The number of fused-ring (bicyclic) bond motifs is 5. The molecule has 3 fully saturated rings. The van der Waals surface area contributed by atoms with Crippen LogP contribution in [0.15, 0.2) is 48.8 Å². The van der Waals surface area contributed by atoms with Crippen molar-refractivity contribution in [1.82, 2.24) is 35.1 Å². The van der Waals surface area contributed by atoms with Gasteiger partial charge in [-0.3, -0.25) is 9.69 Å². The number of aryl methyl sites for hydroxylation is 2. The van der Waals surface area contributed by atoms with Gasteiger partial charge < -0.3 is 29.7 Å². The zero-order valence-corrected chi connectivity index (χ0v) is 32.1. The highest BCUT2D eigenvalue weighted by molar-refractivity contribution is 5.86. The molecule has 5 atom stereocenters. The van der Waals surface area contributed by atoms with Crippen molar-refractivity contribution in [3.8, 4) is 33.6 Å². The van der Waals surface area contributed by atoms with Gasteiger partial charge in [0.2, 0.25) is 5.91 Å². The molecule has 2 aliphatic heterocycles. The highest BCUT2D eigenvalue weighted by Gasteiger charge is 2.51. The van der Waals surface area contributed by atoms with Crippen LogP contribution in [0.1, 0.15) is 102 Å². The molecule has 1 saturated carbocycles. The van der Waals surface area contributed by atoms with E-state index >= 15 is 0 Å². The lowest BCUT2D eigenvalue weighted by Gasteiger charge is -2.35. The van der Waals surface area contributed by atoms with Crippen LogP contribution in [-0.2, 0) is 27.1 Å². The fourth-order valence-corrected chi connectivity index (χ4v) is 9.13. The number of carbonyl (C=O) groups excluding carboxylic acids is 3. The summed E-state index contributed by atoms with van der Waals surface area (Å²) in [7, 11) is 1.30. The Hall–Kier alpha value is -5.13. The summed E-state index contributed by atoms with van der Waals surface area (Å²) >= 11 is 0. The number of carbonyl (C=O) groups is 3. The number of piperidine rings is 1. The topological polar surface area (TPSA) is 146 Å². The number of methoxy groups -OCH3 is 1. The van der Waals surface area contributed by atoms with Gasteiger partial charge in [0.1, 0.15) is 23.3 Å². The summed E-state index contributed by atoms with van der Waals surface area (Å²) in [4.78, 5) is 59.3. The van der Waals surface area contributed by atoms with E-state index in [-0.39, 0.29) is 36.0 Å². The average molecular weight is 734 g/mol. The maximum absolute atomic E-state index is 13.6. The number of hydrogen-bond acceptors (Lipinski definition) is 7. The van der Waals surface area contributed by atoms with E-state index in [2.05, 4.69) is 51.7 Å². The number of aromatic amines is 2. The molecule has 2 aliphatic carbocycles.